The Balaban J connectivity index is 1.58. The van der Waals surface area contributed by atoms with Crippen LogP contribution in [0.1, 0.15) is 43.7 Å². The van der Waals surface area contributed by atoms with E-state index in [1.54, 1.807) is 0 Å². The summed E-state index contributed by atoms with van der Waals surface area (Å²) in [5.41, 5.74) is 2.27. The van der Waals surface area contributed by atoms with Crippen molar-refractivity contribution in [3.8, 4) is 0 Å². The van der Waals surface area contributed by atoms with Crippen LogP contribution in [0.3, 0.4) is 0 Å². The lowest BCUT2D eigenvalue weighted by molar-refractivity contribution is -0.167. The molecule has 2 aromatic rings. The van der Waals surface area contributed by atoms with Crippen molar-refractivity contribution >= 4 is 11.6 Å². The van der Waals surface area contributed by atoms with Crippen LogP contribution in [0.5, 0.6) is 0 Å². The fraction of sp³-hybridized carbons (Fsp3) is 0.409. The molecular weight excluding hydrogens is 324 g/mol. The molecule has 3 atom stereocenters. The van der Waals surface area contributed by atoms with Crippen LogP contribution in [0.25, 0.3) is 0 Å². The van der Waals surface area contributed by atoms with Gasteiger partial charge in [-0.25, -0.2) is 0 Å². The van der Waals surface area contributed by atoms with E-state index in [1.807, 2.05) is 30.3 Å². The predicted molar refractivity (Wildman–Crippen MR) is 103 cm³/mol. The zero-order chi connectivity index (χ0) is 18.0. The molecule has 2 N–H and O–H groups in total. The number of ether oxygens (including phenoxy) is 1. The Labute approximate surface area is 155 Å². The topological polar surface area (TPSA) is 50.4 Å². The first-order valence-electron chi connectivity index (χ1n) is 9.57. The van der Waals surface area contributed by atoms with Gasteiger partial charge in [-0.15, -0.1) is 0 Å². The average molecular weight is 350 g/mol. The molecule has 0 unspecified atom stereocenters. The van der Waals surface area contributed by atoms with E-state index in [0.717, 1.165) is 37.1 Å². The van der Waals surface area contributed by atoms with Gasteiger partial charge >= 0.3 is 0 Å². The third kappa shape index (κ3) is 3.15. The number of anilines is 1. The van der Waals surface area contributed by atoms with Crippen LogP contribution in [0.4, 0.5) is 5.69 Å². The van der Waals surface area contributed by atoms with E-state index in [-0.39, 0.29) is 18.1 Å². The van der Waals surface area contributed by atoms with Gasteiger partial charge in [0.05, 0.1) is 6.10 Å². The van der Waals surface area contributed by atoms with E-state index in [0.29, 0.717) is 6.42 Å². The van der Waals surface area contributed by atoms with Gasteiger partial charge in [0.15, 0.2) is 5.60 Å². The van der Waals surface area contributed by atoms with Crippen molar-refractivity contribution in [1.82, 2.24) is 5.32 Å². The number of fused-ring (bicyclic) bond motifs is 2. The molecule has 2 heterocycles. The van der Waals surface area contributed by atoms with Crippen molar-refractivity contribution in [2.45, 2.75) is 56.9 Å². The maximum Gasteiger partial charge on any atom is 0.261 e. The summed E-state index contributed by atoms with van der Waals surface area (Å²) in [6, 6.07) is 18.6. The molecular formula is C22H26N2O2. The molecule has 0 aliphatic carbocycles. The molecule has 4 nitrogen and oxygen atoms in total. The summed E-state index contributed by atoms with van der Waals surface area (Å²) in [6.45, 7) is 2.98. The molecule has 1 saturated heterocycles. The summed E-state index contributed by atoms with van der Waals surface area (Å²) >= 11 is 0. The Morgan fingerprint density at radius 3 is 2.73 bits per heavy atom. The summed E-state index contributed by atoms with van der Waals surface area (Å²) in [5, 5.41) is 6.69. The van der Waals surface area contributed by atoms with Crippen LogP contribution in [-0.4, -0.2) is 18.1 Å². The van der Waals surface area contributed by atoms with Gasteiger partial charge in [0, 0.05) is 30.3 Å². The van der Waals surface area contributed by atoms with Crippen LogP contribution in [0.2, 0.25) is 0 Å². The number of nitrogens with one attached hydrogen (secondary N) is 2. The molecule has 1 amide bonds. The monoisotopic (exact) mass is 350 g/mol. The van der Waals surface area contributed by atoms with Gasteiger partial charge in [-0.2, -0.15) is 0 Å². The van der Waals surface area contributed by atoms with Gasteiger partial charge in [-0.1, -0.05) is 61.9 Å². The highest BCUT2D eigenvalue weighted by Crippen LogP contribution is 2.46. The second-order valence-electron chi connectivity index (χ2n) is 7.36. The fourth-order valence-electron chi connectivity index (χ4n) is 4.25. The minimum atomic E-state index is -0.858. The molecule has 0 aromatic heterocycles. The summed E-state index contributed by atoms with van der Waals surface area (Å²) in [4.78, 5) is 12.9. The first kappa shape index (κ1) is 17.3. The van der Waals surface area contributed by atoms with Crippen LogP contribution in [-0.2, 0) is 21.7 Å². The highest BCUT2D eigenvalue weighted by molar-refractivity contribution is 6.05. The Bertz CT molecular complexity index is 777. The molecule has 2 aromatic carbocycles. The number of benzene rings is 2. The molecule has 1 spiro atoms. The third-order valence-electron chi connectivity index (χ3n) is 5.47. The van der Waals surface area contributed by atoms with Crippen LogP contribution >= 0.6 is 0 Å². The minimum Gasteiger partial charge on any atom is -0.357 e. The van der Waals surface area contributed by atoms with Gasteiger partial charge in [0.25, 0.3) is 5.91 Å². The lowest BCUT2D eigenvalue weighted by atomic mass is 9.82. The van der Waals surface area contributed by atoms with Crippen molar-refractivity contribution < 1.29 is 9.53 Å². The number of hydrogen-bond acceptors (Lipinski definition) is 3. The quantitative estimate of drug-likeness (QED) is 0.858. The van der Waals surface area contributed by atoms with Gasteiger partial charge in [0.1, 0.15) is 0 Å². The van der Waals surface area contributed by atoms with Crippen LogP contribution in [0, 0.1) is 0 Å². The predicted octanol–water partition coefficient (Wildman–Crippen LogP) is 3.97. The van der Waals surface area contributed by atoms with E-state index >= 15 is 0 Å². The molecule has 4 heteroatoms. The molecule has 26 heavy (non-hydrogen) atoms. The summed E-state index contributed by atoms with van der Waals surface area (Å²) < 4.78 is 6.44. The van der Waals surface area contributed by atoms with E-state index in [9.17, 15) is 4.79 Å². The molecule has 136 valence electrons. The van der Waals surface area contributed by atoms with Crippen LogP contribution in [0.15, 0.2) is 54.6 Å². The Morgan fingerprint density at radius 1 is 1.15 bits per heavy atom. The maximum absolute atomic E-state index is 12.9. The Morgan fingerprint density at radius 2 is 1.92 bits per heavy atom. The first-order chi connectivity index (χ1) is 12.7. The second-order valence-corrected chi connectivity index (χ2v) is 7.36. The number of carbonyl (C=O) groups is 1. The van der Waals surface area contributed by atoms with Gasteiger partial charge in [0.2, 0.25) is 0 Å². The van der Waals surface area contributed by atoms with Gasteiger partial charge in [-0.3, -0.25) is 4.79 Å². The molecule has 4 rings (SSSR count). The zero-order valence-corrected chi connectivity index (χ0v) is 15.2. The highest BCUT2D eigenvalue weighted by atomic mass is 16.5. The molecule has 2 aliphatic heterocycles. The standard InChI is InChI=1S/C22H26N2O2/c1-2-8-18-13-17(23-15-16-9-4-3-5-10-16)14-22(26-18)19-11-6-7-12-20(19)24-21(22)25/h3-7,9-12,17-18,23H,2,8,13-15H2,1H3,(H,24,25)/t17-,18+,22-/m0/s1. The lowest BCUT2D eigenvalue weighted by Crippen LogP contribution is -2.52. The number of amides is 1. The van der Waals surface area contributed by atoms with Crippen molar-refractivity contribution in [1.29, 1.82) is 0 Å². The number of hydrogen-bond donors (Lipinski definition) is 2. The molecule has 0 radical (unpaired) electrons. The molecule has 2 aliphatic rings. The fourth-order valence-corrected chi connectivity index (χ4v) is 4.25. The highest BCUT2D eigenvalue weighted by Gasteiger charge is 2.53. The van der Waals surface area contributed by atoms with E-state index in [2.05, 4.69) is 41.8 Å². The molecule has 0 bridgehead atoms. The van der Waals surface area contributed by atoms with Gasteiger partial charge in [-0.05, 0) is 24.5 Å². The van der Waals surface area contributed by atoms with Crippen molar-refractivity contribution in [2.24, 2.45) is 0 Å². The number of rotatable bonds is 5. The largest absolute Gasteiger partial charge is 0.357 e. The Hall–Kier alpha value is -2.17. The van der Waals surface area contributed by atoms with Gasteiger partial charge < -0.3 is 15.4 Å². The van der Waals surface area contributed by atoms with E-state index in [1.165, 1.54) is 5.56 Å². The summed E-state index contributed by atoms with van der Waals surface area (Å²) in [5.74, 6) is -0.0222. The zero-order valence-electron chi connectivity index (χ0n) is 15.2. The van der Waals surface area contributed by atoms with E-state index in [4.69, 9.17) is 4.74 Å². The normalized spacial score (nSPS) is 27.3. The minimum absolute atomic E-state index is 0.0222. The van der Waals surface area contributed by atoms with Crippen molar-refractivity contribution in [3.63, 3.8) is 0 Å². The molecule has 0 saturated carbocycles. The smallest absolute Gasteiger partial charge is 0.261 e. The SMILES string of the molecule is CCC[C@@H]1C[C@H](NCc2ccccc2)C[C@@]2(O1)C(=O)Nc1ccccc12. The third-order valence-corrected chi connectivity index (χ3v) is 5.47. The lowest BCUT2D eigenvalue weighted by Gasteiger charge is -2.41. The first-order valence-corrected chi connectivity index (χ1v) is 9.57. The van der Waals surface area contributed by atoms with Crippen molar-refractivity contribution in [3.05, 3.63) is 65.7 Å². The van der Waals surface area contributed by atoms with Crippen molar-refractivity contribution in [2.75, 3.05) is 5.32 Å². The maximum atomic E-state index is 12.9. The summed E-state index contributed by atoms with van der Waals surface area (Å²) in [6.07, 6.45) is 3.73. The average Bonchev–Trinajstić information content (AvgIpc) is 2.92. The van der Waals surface area contributed by atoms with E-state index < -0.39 is 5.60 Å². The number of carbonyl (C=O) groups excluding carboxylic acids is 1. The van der Waals surface area contributed by atoms with Crippen LogP contribution < -0.4 is 10.6 Å². The summed E-state index contributed by atoms with van der Waals surface area (Å²) in [7, 11) is 0. The molecule has 1 fully saturated rings. The Kier molecular flexibility index (Phi) is 4.79. The number of para-hydroxylation sites is 1. The second kappa shape index (κ2) is 7.22.